The molecule has 1 unspecified atom stereocenters. The van der Waals surface area contributed by atoms with E-state index < -0.39 is 36.6 Å². The highest BCUT2D eigenvalue weighted by atomic mass is 127. The summed E-state index contributed by atoms with van der Waals surface area (Å²) >= 11 is 1.90. The average Bonchev–Trinajstić information content (AvgIpc) is 2.18. The molecule has 0 aromatic heterocycles. The van der Waals surface area contributed by atoms with Gasteiger partial charge in [-0.2, -0.15) is 0 Å². The number of carbonyl (C=O) groups excluding carboxylic acids is 1. The van der Waals surface area contributed by atoms with Crippen molar-refractivity contribution >= 4 is 28.5 Å². The van der Waals surface area contributed by atoms with Crippen LogP contribution in [0.3, 0.4) is 0 Å². The predicted octanol–water partition coefficient (Wildman–Crippen LogP) is -0.658. The van der Waals surface area contributed by atoms with Crippen LogP contribution in [0.5, 0.6) is 0 Å². The van der Waals surface area contributed by atoms with Crippen molar-refractivity contribution in [2.45, 2.75) is 37.6 Å². The summed E-state index contributed by atoms with van der Waals surface area (Å²) < 4.78 is 18.7. The Kier molecular flexibility index (Phi) is 4.68. The number of rotatable bonds is 2. The third-order valence-corrected chi connectivity index (χ3v) is 3.06. The SMILES string of the molecule is CC(=O)N[C@H]1C(O)O[C@H](CI)[C@@H](F)[C@@H]1O. The molecule has 0 aliphatic carbocycles. The van der Waals surface area contributed by atoms with E-state index >= 15 is 0 Å². The minimum Gasteiger partial charge on any atom is -0.388 e. The van der Waals surface area contributed by atoms with E-state index in [4.69, 9.17) is 4.74 Å². The molecule has 1 rings (SSSR count). The second kappa shape index (κ2) is 5.37. The van der Waals surface area contributed by atoms with Gasteiger partial charge in [0.05, 0.1) is 0 Å². The first-order chi connectivity index (χ1) is 6.97. The van der Waals surface area contributed by atoms with Crippen molar-refractivity contribution in [1.29, 1.82) is 0 Å². The van der Waals surface area contributed by atoms with Gasteiger partial charge in [-0.25, -0.2) is 4.39 Å². The van der Waals surface area contributed by atoms with Gasteiger partial charge in [-0.3, -0.25) is 4.79 Å². The lowest BCUT2D eigenvalue weighted by Crippen LogP contribution is -2.62. The number of carbonyl (C=O) groups is 1. The van der Waals surface area contributed by atoms with E-state index in [0.29, 0.717) is 4.43 Å². The summed E-state index contributed by atoms with van der Waals surface area (Å²) in [5, 5.41) is 21.2. The molecular formula is C8H13FINO4. The van der Waals surface area contributed by atoms with Crippen molar-refractivity contribution < 1.29 is 24.1 Å². The molecule has 0 aromatic carbocycles. The number of aliphatic hydroxyl groups is 2. The van der Waals surface area contributed by atoms with Crippen LogP contribution in [0.1, 0.15) is 6.92 Å². The number of ether oxygens (including phenoxy) is 1. The minimum absolute atomic E-state index is 0.319. The van der Waals surface area contributed by atoms with Crippen LogP contribution < -0.4 is 5.32 Å². The summed E-state index contributed by atoms with van der Waals surface area (Å²) in [5.74, 6) is -0.457. The predicted molar refractivity (Wildman–Crippen MR) is 58.3 cm³/mol. The van der Waals surface area contributed by atoms with Crippen molar-refractivity contribution in [3.8, 4) is 0 Å². The van der Waals surface area contributed by atoms with Crippen molar-refractivity contribution in [3.05, 3.63) is 0 Å². The first-order valence-corrected chi connectivity index (χ1v) is 5.98. The number of nitrogens with one attached hydrogen (secondary N) is 1. The van der Waals surface area contributed by atoms with Gasteiger partial charge in [-0.1, -0.05) is 22.6 Å². The van der Waals surface area contributed by atoms with Crippen LogP contribution in [-0.2, 0) is 9.53 Å². The zero-order valence-corrected chi connectivity index (χ0v) is 10.2. The van der Waals surface area contributed by atoms with Gasteiger partial charge >= 0.3 is 0 Å². The van der Waals surface area contributed by atoms with E-state index in [1.165, 1.54) is 6.92 Å². The van der Waals surface area contributed by atoms with Crippen molar-refractivity contribution in [3.63, 3.8) is 0 Å². The molecule has 3 N–H and O–H groups in total. The van der Waals surface area contributed by atoms with Crippen LogP contribution in [-0.4, -0.2) is 51.3 Å². The zero-order chi connectivity index (χ0) is 11.6. The number of hydrogen-bond donors (Lipinski definition) is 3. The summed E-state index contributed by atoms with van der Waals surface area (Å²) in [6.45, 7) is 1.22. The Balaban J connectivity index is 2.70. The quantitative estimate of drug-likeness (QED) is 0.463. The summed E-state index contributed by atoms with van der Waals surface area (Å²) in [6, 6.07) is -1.11. The largest absolute Gasteiger partial charge is 0.388 e. The fourth-order valence-electron chi connectivity index (χ4n) is 1.44. The first kappa shape index (κ1) is 13.1. The molecule has 0 saturated carbocycles. The molecule has 1 amide bonds. The van der Waals surface area contributed by atoms with Crippen molar-refractivity contribution in [1.82, 2.24) is 5.32 Å². The highest BCUT2D eigenvalue weighted by molar-refractivity contribution is 14.1. The van der Waals surface area contributed by atoms with Crippen molar-refractivity contribution in [2.75, 3.05) is 4.43 Å². The monoisotopic (exact) mass is 333 g/mol. The Morgan fingerprint density at radius 1 is 1.60 bits per heavy atom. The van der Waals surface area contributed by atoms with Crippen LogP contribution in [0.4, 0.5) is 4.39 Å². The maximum Gasteiger partial charge on any atom is 0.217 e. The maximum absolute atomic E-state index is 13.5. The topological polar surface area (TPSA) is 78.8 Å². The second-order valence-electron chi connectivity index (χ2n) is 3.38. The van der Waals surface area contributed by atoms with E-state index in [2.05, 4.69) is 5.32 Å². The lowest BCUT2D eigenvalue weighted by Gasteiger charge is -2.39. The van der Waals surface area contributed by atoms with Crippen LogP contribution in [0.25, 0.3) is 0 Å². The van der Waals surface area contributed by atoms with E-state index in [0.717, 1.165) is 0 Å². The first-order valence-electron chi connectivity index (χ1n) is 4.46. The van der Waals surface area contributed by atoms with E-state index in [-0.39, 0.29) is 0 Å². The molecule has 1 aliphatic rings. The molecule has 1 aliphatic heterocycles. The van der Waals surface area contributed by atoms with E-state index in [9.17, 15) is 19.4 Å². The van der Waals surface area contributed by atoms with Gasteiger partial charge in [0.1, 0.15) is 18.2 Å². The highest BCUT2D eigenvalue weighted by Crippen LogP contribution is 2.23. The Morgan fingerprint density at radius 2 is 2.20 bits per heavy atom. The van der Waals surface area contributed by atoms with Gasteiger partial charge in [0.15, 0.2) is 12.5 Å². The number of alkyl halides is 2. The lowest BCUT2D eigenvalue weighted by atomic mass is 9.99. The van der Waals surface area contributed by atoms with E-state index in [1.54, 1.807) is 0 Å². The van der Waals surface area contributed by atoms with Gasteiger partial charge in [0, 0.05) is 11.4 Å². The molecule has 1 saturated heterocycles. The van der Waals surface area contributed by atoms with Gasteiger partial charge in [-0.15, -0.1) is 0 Å². The molecule has 0 bridgehead atoms. The Morgan fingerprint density at radius 3 is 2.67 bits per heavy atom. The minimum atomic E-state index is -1.61. The lowest BCUT2D eigenvalue weighted by molar-refractivity contribution is -0.226. The maximum atomic E-state index is 13.5. The van der Waals surface area contributed by atoms with Crippen LogP contribution in [0.2, 0.25) is 0 Å². The third kappa shape index (κ3) is 2.99. The standard InChI is InChI=1S/C8H13FINO4/c1-3(12)11-6-7(13)5(9)4(2-10)15-8(6)14/h4-8,13-14H,2H2,1H3,(H,11,12)/t4-,5-,6-,7+,8?/m1/s1. The van der Waals surface area contributed by atoms with Crippen molar-refractivity contribution in [2.24, 2.45) is 0 Å². The molecule has 1 fully saturated rings. The number of hydrogen-bond acceptors (Lipinski definition) is 4. The second-order valence-corrected chi connectivity index (χ2v) is 4.26. The molecule has 0 radical (unpaired) electrons. The van der Waals surface area contributed by atoms with Gasteiger partial charge < -0.3 is 20.3 Å². The third-order valence-electron chi connectivity index (χ3n) is 2.19. The van der Waals surface area contributed by atoms with Gasteiger partial charge in [-0.05, 0) is 0 Å². The number of halogens is 2. The average molecular weight is 333 g/mol. The molecule has 5 atom stereocenters. The normalized spacial score (nSPS) is 41.3. The van der Waals surface area contributed by atoms with Crippen LogP contribution in [0, 0.1) is 0 Å². The fourth-order valence-corrected chi connectivity index (χ4v) is 2.13. The molecule has 1 heterocycles. The molecule has 7 heteroatoms. The number of amides is 1. The van der Waals surface area contributed by atoms with Crippen LogP contribution in [0.15, 0.2) is 0 Å². The Labute approximate surface area is 100 Å². The van der Waals surface area contributed by atoms with Crippen LogP contribution >= 0.6 is 22.6 Å². The van der Waals surface area contributed by atoms with Gasteiger partial charge in [0.25, 0.3) is 0 Å². The summed E-state index contributed by atoms with van der Waals surface area (Å²) in [5.41, 5.74) is 0. The highest BCUT2D eigenvalue weighted by Gasteiger charge is 2.44. The smallest absolute Gasteiger partial charge is 0.217 e. The number of aliphatic hydroxyl groups excluding tert-OH is 2. The summed E-state index contributed by atoms with van der Waals surface area (Å²) in [4.78, 5) is 10.7. The molecule has 5 nitrogen and oxygen atoms in total. The molecule has 88 valence electrons. The fraction of sp³-hybridized carbons (Fsp3) is 0.875. The van der Waals surface area contributed by atoms with Gasteiger partial charge in [0.2, 0.25) is 5.91 Å². The summed E-state index contributed by atoms with van der Waals surface area (Å²) in [7, 11) is 0. The molecular weight excluding hydrogens is 320 g/mol. The molecule has 0 spiro atoms. The molecule has 0 aromatic rings. The Bertz CT molecular complexity index is 243. The summed E-state index contributed by atoms with van der Waals surface area (Å²) in [6.07, 6.45) is -5.28. The zero-order valence-electron chi connectivity index (χ0n) is 8.06. The van der Waals surface area contributed by atoms with E-state index in [1.807, 2.05) is 22.6 Å². The Hall–Kier alpha value is 0.01000. The molecule has 15 heavy (non-hydrogen) atoms.